The smallest absolute Gasteiger partial charge is 0.410 e. The molecule has 1 amide bonds. The first-order valence-corrected chi connectivity index (χ1v) is 4.87. The first-order chi connectivity index (χ1) is 8.05. The van der Waals surface area contributed by atoms with Crippen LogP contribution < -0.4 is 20.1 Å². The average molecular weight is 257 g/mol. The highest BCUT2D eigenvalue weighted by molar-refractivity contribution is 7.80. The van der Waals surface area contributed by atoms with Gasteiger partial charge >= 0.3 is 6.09 Å². The summed E-state index contributed by atoms with van der Waals surface area (Å²) in [6.45, 7) is 0. The Morgan fingerprint density at radius 3 is 2.65 bits per heavy atom. The van der Waals surface area contributed by atoms with E-state index in [0.717, 1.165) is 0 Å². The van der Waals surface area contributed by atoms with Crippen molar-refractivity contribution in [3.05, 3.63) is 12.1 Å². The molecule has 7 nitrogen and oxygen atoms in total. The van der Waals surface area contributed by atoms with Gasteiger partial charge in [-0.3, -0.25) is 5.32 Å². The second-order valence-corrected chi connectivity index (χ2v) is 3.23. The minimum absolute atomic E-state index is 0.0830. The average Bonchev–Trinajstić information content (AvgIpc) is 2.27. The Morgan fingerprint density at radius 1 is 1.41 bits per heavy atom. The molecule has 0 spiro atoms. The van der Waals surface area contributed by atoms with Gasteiger partial charge in [-0.2, -0.15) is 4.98 Å². The van der Waals surface area contributed by atoms with Gasteiger partial charge in [-0.25, -0.2) is 4.79 Å². The van der Waals surface area contributed by atoms with Crippen LogP contribution in [0.5, 0.6) is 11.6 Å². The Bertz CT molecular complexity index is 416. The van der Waals surface area contributed by atoms with Crippen LogP contribution >= 0.6 is 12.2 Å². The standard InChI is InChI=1S/C9H11N3O4S/c1-15-5-3-6(10-7(4-5)16-2)11-8(17)12-9(13)14/h3-4H,1-2H3,(H,13,14)(H2,10,11,12,17). The van der Waals surface area contributed by atoms with Gasteiger partial charge in [0.25, 0.3) is 0 Å². The number of amides is 1. The number of anilines is 1. The summed E-state index contributed by atoms with van der Waals surface area (Å²) in [7, 11) is 2.95. The van der Waals surface area contributed by atoms with Crippen LogP contribution in [0.2, 0.25) is 0 Å². The Labute approximate surface area is 103 Å². The fourth-order valence-corrected chi connectivity index (χ4v) is 1.20. The summed E-state index contributed by atoms with van der Waals surface area (Å²) in [5.41, 5.74) is 0. The Morgan fingerprint density at radius 2 is 2.12 bits per heavy atom. The lowest BCUT2D eigenvalue weighted by molar-refractivity contribution is 0.200. The summed E-state index contributed by atoms with van der Waals surface area (Å²) in [5.74, 6) is 1.16. The lowest BCUT2D eigenvalue weighted by Gasteiger charge is -2.09. The summed E-state index contributed by atoms with van der Waals surface area (Å²) in [6, 6.07) is 3.14. The number of rotatable bonds is 3. The number of hydrogen-bond acceptors (Lipinski definition) is 5. The number of thiocarbonyl (C=S) groups is 1. The molecule has 3 N–H and O–H groups in total. The molecule has 1 aromatic heterocycles. The molecule has 0 aliphatic carbocycles. The number of ether oxygens (including phenoxy) is 2. The van der Waals surface area contributed by atoms with Crippen molar-refractivity contribution in [3.63, 3.8) is 0 Å². The van der Waals surface area contributed by atoms with Crippen LogP contribution in [0, 0.1) is 0 Å². The van der Waals surface area contributed by atoms with Crippen molar-refractivity contribution in [2.45, 2.75) is 0 Å². The maximum Gasteiger partial charge on any atom is 0.410 e. The van der Waals surface area contributed by atoms with Crippen LogP contribution in [-0.2, 0) is 0 Å². The molecule has 92 valence electrons. The second kappa shape index (κ2) is 5.85. The maximum absolute atomic E-state index is 10.3. The van der Waals surface area contributed by atoms with Crippen molar-refractivity contribution < 1.29 is 19.4 Å². The number of aromatic nitrogens is 1. The summed E-state index contributed by atoms with van der Waals surface area (Å²) < 4.78 is 9.97. The van der Waals surface area contributed by atoms with Gasteiger partial charge in [0.2, 0.25) is 5.88 Å². The van der Waals surface area contributed by atoms with Gasteiger partial charge in [0.1, 0.15) is 11.6 Å². The fourth-order valence-electron chi connectivity index (χ4n) is 1.01. The van der Waals surface area contributed by atoms with Gasteiger partial charge in [-0.15, -0.1) is 0 Å². The number of carboxylic acid groups (broad SMARTS) is 1. The first-order valence-electron chi connectivity index (χ1n) is 4.46. The van der Waals surface area contributed by atoms with Gasteiger partial charge in [-0.05, 0) is 12.2 Å². The Hall–Kier alpha value is -2.09. The fraction of sp³-hybridized carbons (Fsp3) is 0.222. The molecule has 0 unspecified atom stereocenters. The summed E-state index contributed by atoms with van der Waals surface area (Å²) in [5, 5.41) is 12.9. The molecule has 1 aromatic rings. The van der Waals surface area contributed by atoms with Crippen LogP contribution in [-0.4, -0.2) is 35.5 Å². The molecule has 0 fully saturated rings. The quantitative estimate of drug-likeness (QED) is 0.697. The predicted octanol–water partition coefficient (Wildman–Crippen LogP) is 1.06. The number of hydrogen-bond donors (Lipinski definition) is 3. The first kappa shape index (κ1) is 13.0. The largest absolute Gasteiger partial charge is 0.496 e. The van der Waals surface area contributed by atoms with Gasteiger partial charge in [0.05, 0.1) is 14.2 Å². The summed E-state index contributed by atoms with van der Waals surface area (Å²) in [4.78, 5) is 14.4. The highest BCUT2D eigenvalue weighted by atomic mass is 32.1. The molecule has 0 bridgehead atoms. The number of methoxy groups -OCH3 is 2. The lowest BCUT2D eigenvalue weighted by Crippen LogP contribution is -2.32. The number of nitrogens with zero attached hydrogens (tertiary/aromatic N) is 1. The Kier molecular flexibility index (Phi) is 4.46. The van der Waals surface area contributed by atoms with Gasteiger partial charge in [0, 0.05) is 12.1 Å². The summed E-state index contributed by atoms with van der Waals surface area (Å²) >= 11 is 4.75. The molecule has 0 saturated carbocycles. The van der Waals surface area contributed by atoms with Crippen molar-refractivity contribution in [3.8, 4) is 11.6 Å². The van der Waals surface area contributed by atoms with Crippen molar-refractivity contribution in [2.75, 3.05) is 19.5 Å². The van der Waals surface area contributed by atoms with Crippen LogP contribution in [0.4, 0.5) is 10.6 Å². The third-order valence-corrected chi connectivity index (χ3v) is 1.89. The zero-order valence-electron chi connectivity index (χ0n) is 9.18. The van der Waals surface area contributed by atoms with E-state index in [1.807, 2.05) is 5.32 Å². The number of carbonyl (C=O) groups is 1. The van der Waals surface area contributed by atoms with Crippen molar-refractivity contribution in [1.29, 1.82) is 0 Å². The van der Waals surface area contributed by atoms with Gasteiger partial charge in [-0.1, -0.05) is 0 Å². The zero-order chi connectivity index (χ0) is 12.8. The molecule has 0 radical (unpaired) electrons. The van der Waals surface area contributed by atoms with Crippen molar-refractivity contribution in [1.82, 2.24) is 10.3 Å². The zero-order valence-corrected chi connectivity index (χ0v) is 10.00. The van der Waals surface area contributed by atoms with Crippen LogP contribution in [0.25, 0.3) is 0 Å². The van der Waals surface area contributed by atoms with E-state index < -0.39 is 6.09 Å². The van der Waals surface area contributed by atoms with Gasteiger partial charge < -0.3 is 19.9 Å². The van der Waals surface area contributed by atoms with Crippen molar-refractivity contribution >= 4 is 29.2 Å². The van der Waals surface area contributed by atoms with Crippen molar-refractivity contribution in [2.24, 2.45) is 0 Å². The second-order valence-electron chi connectivity index (χ2n) is 2.82. The Balaban J connectivity index is 2.82. The number of pyridine rings is 1. The van der Waals surface area contributed by atoms with E-state index >= 15 is 0 Å². The topological polar surface area (TPSA) is 92.7 Å². The molecule has 0 aromatic carbocycles. The third kappa shape index (κ3) is 4.11. The molecule has 0 atom stereocenters. The van der Waals surface area contributed by atoms with E-state index in [1.54, 1.807) is 12.1 Å². The molecule has 8 heteroatoms. The molecule has 0 aliphatic heterocycles. The predicted molar refractivity (Wildman–Crippen MR) is 64.7 cm³/mol. The lowest BCUT2D eigenvalue weighted by atomic mass is 10.4. The monoisotopic (exact) mass is 257 g/mol. The van der Waals surface area contributed by atoms with Crippen LogP contribution in [0.3, 0.4) is 0 Å². The molecule has 1 heterocycles. The molecule has 0 saturated heterocycles. The van der Waals surface area contributed by atoms with E-state index in [1.165, 1.54) is 14.2 Å². The highest BCUT2D eigenvalue weighted by Gasteiger charge is 2.06. The SMILES string of the molecule is COc1cc(NC(=S)NC(=O)O)nc(OC)c1. The summed E-state index contributed by atoms with van der Waals surface area (Å²) in [6.07, 6.45) is -1.25. The van der Waals surface area contributed by atoms with Crippen LogP contribution in [0.15, 0.2) is 12.1 Å². The highest BCUT2D eigenvalue weighted by Crippen LogP contribution is 2.21. The maximum atomic E-state index is 10.3. The van der Waals surface area contributed by atoms with E-state index in [4.69, 9.17) is 26.8 Å². The molecular formula is C9H11N3O4S. The van der Waals surface area contributed by atoms with Crippen LogP contribution in [0.1, 0.15) is 0 Å². The van der Waals surface area contributed by atoms with E-state index in [-0.39, 0.29) is 5.11 Å². The molecule has 17 heavy (non-hydrogen) atoms. The third-order valence-electron chi connectivity index (χ3n) is 1.68. The van der Waals surface area contributed by atoms with E-state index in [9.17, 15) is 4.79 Å². The molecule has 1 rings (SSSR count). The van der Waals surface area contributed by atoms with E-state index in [0.29, 0.717) is 17.4 Å². The molecular weight excluding hydrogens is 246 g/mol. The van der Waals surface area contributed by atoms with Gasteiger partial charge in [0.15, 0.2) is 5.11 Å². The minimum Gasteiger partial charge on any atom is -0.496 e. The normalized spacial score (nSPS) is 9.29. The molecule has 0 aliphatic rings. The number of nitrogens with one attached hydrogen (secondary N) is 2. The minimum atomic E-state index is -1.25. The van der Waals surface area contributed by atoms with E-state index in [2.05, 4.69) is 10.3 Å².